The summed E-state index contributed by atoms with van der Waals surface area (Å²) in [6.07, 6.45) is -0.660. The maximum Gasteiger partial charge on any atom is 0.443 e. The van der Waals surface area contributed by atoms with Crippen molar-refractivity contribution in [3.05, 3.63) is 34.3 Å². The molecule has 0 atom stereocenters. The second kappa shape index (κ2) is 3.95. The summed E-state index contributed by atoms with van der Waals surface area (Å²) in [5, 5.41) is -1.03. The summed E-state index contributed by atoms with van der Waals surface area (Å²) in [6, 6.07) is 0. The number of nitrogens with zero attached hydrogens (tertiary/aromatic N) is 3. The monoisotopic (exact) mass is 261 g/mol. The van der Waals surface area contributed by atoms with Crippen LogP contribution in [0.15, 0.2) is 18.6 Å². The highest BCUT2D eigenvalue weighted by Gasteiger charge is 2.35. The molecular formula is C9H6F3N3OS. The van der Waals surface area contributed by atoms with Gasteiger partial charge in [-0.15, -0.1) is 11.3 Å². The van der Waals surface area contributed by atoms with Crippen molar-refractivity contribution in [2.75, 3.05) is 0 Å². The second-order valence-corrected chi connectivity index (χ2v) is 4.25. The van der Waals surface area contributed by atoms with Crippen molar-refractivity contribution in [3.63, 3.8) is 0 Å². The molecule has 17 heavy (non-hydrogen) atoms. The molecule has 2 rings (SSSR count). The Morgan fingerprint density at radius 2 is 2.12 bits per heavy atom. The lowest BCUT2D eigenvalue weighted by Gasteiger charge is -1.99. The molecule has 0 aromatic carbocycles. The van der Waals surface area contributed by atoms with Crippen LogP contribution in [0.4, 0.5) is 13.2 Å². The van der Waals surface area contributed by atoms with E-state index < -0.39 is 17.0 Å². The van der Waals surface area contributed by atoms with E-state index in [1.165, 1.54) is 10.8 Å². The molecule has 0 aliphatic rings. The van der Waals surface area contributed by atoms with Crippen LogP contribution in [0.25, 0.3) is 0 Å². The van der Waals surface area contributed by atoms with E-state index in [1.54, 1.807) is 13.2 Å². The Kier molecular flexibility index (Phi) is 2.74. The number of carbonyl (C=O) groups excluding carboxylic acids is 1. The lowest BCUT2D eigenvalue weighted by molar-refractivity contribution is -0.137. The molecule has 0 N–H and O–H groups in total. The molecule has 0 amide bonds. The van der Waals surface area contributed by atoms with Gasteiger partial charge < -0.3 is 4.57 Å². The number of aryl methyl sites for hydroxylation is 1. The number of halogens is 3. The summed E-state index contributed by atoms with van der Waals surface area (Å²) in [5.74, 6) is -0.479. The van der Waals surface area contributed by atoms with E-state index in [0.29, 0.717) is 11.3 Å². The van der Waals surface area contributed by atoms with Crippen molar-refractivity contribution in [3.8, 4) is 0 Å². The van der Waals surface area contributed by atoms with Gasteiger partial charge in [-0.3, -0.25) is 4.79 Å². The molecule has 0 spiro atoms. The highest BCUT2D eigenvalue weighted by molar-refractivity contribution is 7.13. The first-order valence-corrected chi connectivity index (χ1v) is 5.26. The van der Waals surface area contributed by atoms with Crippen LogP contribution >= 0.6 is 11.3 Å². The van der Waals surface area contributed by atoms with Gasteiger partial charge in [-0.2, -0.15) is 13.2 Å². The van der Waals surface area contributed by atoms with Gasteiger partial charge >= 0.3 is 6.18 Å². The van der Waals surface area contributed by atoms with Crippen molar-refractivity contribution in [1.82, 2.24) is 14.5 Å². The molecule has 2 heterocycles. The number of imidazole rings is 1. The maximum atomic E-state index is 12.3. The molecule has 0 aliphatic carbocycles. The maximum absolute atomic E-state index is 12.3. The van der Waals surface area contributed by atoms with E-state index in [-0.39, 0.29) is 10.7 Å². The summed E-state index contributed by atoms with van der Waals surface area (Å²) in [7, 11) is 1.59. The van der Waals surface area contributed by atoms with Crippen LogP contribution in [0.2, 0.25) is 0 Å². The van der Waals surface area contributed by atoms with Gasteiger partial charge in [0.2, 0.25) is 5.78 Å². The summed E-state index contributed by atoms with van der Waals surface area (Å²) < 4.78 is 38.3. The van der Waals surface area contributed by atoms with E-state index in [9.17, 15) is 18.0 Å². The molecule has 2 aromatic heterocycles. The lowest BCUT2D eigenvalue weighted by atomic mass is 10.3. The first kappa shape index (κ1) is 11.8. The number of hydrogen-bond acceptors (Lipinski definition) is 4. The minimum atomic E-state index is -4.52. The third kappa shape index (κ3) is 2.21. The second-order valence-electron chi connectivity index (χ2n) is 3.22. The zero-order chi connectivity index (χ0) is 12.6. The molecule has 8 heteroatoms. The third-order valence-electron chi connectivity index (χ3n) is 2.00. The van der Waals surface area contributed by atoms with Crippen LogP contribution in [-0.4, -0.2) is 20.3 Å². The van der Waals surface area contributed by atoms with Crippen molar-refractivity contribution in [2.45, 2.75) is 6.18 Å². The molecular weight excluding hydrogens is 255 g/mol. The van der Waals surface area contributed by atoms with Crippen LogP contribution < -0.4 is 0 Å². The predicted octanol–water partition coefficient (Wildman–Crippen LogP) is 2.13. The van der Waals surface area contributed by atoms with Crippen molar-refractivity contribution in [2.24, 2.45) is 7.05 Å². The fourth-order valence-electron chi connectivity index (χ4n) is 1.20. The fraction of sp³-hybridized carbons (Fsp3) is 0.222. The van der Waals surface area contributed by atoms with Crippen LogP contribution in [0.3, 0.4) is 0 Å². The number of ketones is 1. The molecule has 0 aliphatic heterocycles. The highest BCUT2D eigenvalue weighted by atomic mass is 32.1. The normalized spacial score (nSPS) is 11.8. The Balaban J connectivity index is 2.33. The molecule has 0 fully saturated rings. The molecule has 0 saturated heterocycles. The Morgan fingerprint density at radius 3 is 2.59 bits per heavy atom. The predicted molar refractivity (Wildman–Crippen MR) is 53.8 cm³/mol. The summed E-state index contributed by atoms with van der Waals surface area (Å²) in [6.45, 7) is 0. The van der Waals surface area contributed by atoms with Crippen LogP contribution in [0, 0.1) is 0 Å². The standard InChI is InChI=1S/C9H6F3N3OS/c1-15-3-2-13-7(15)6(16)5-4-14-8(17-5)9(10,11)12/h2-4H,1H3. The van der Waals surface area contributed by atoms with Gasteiger partial charge in [0, 0.05) is 25.6 Å². The number of thiazole rings is 1. The topological polar surface area (TPSA) is 47.8 Å². The Morgan fingerprint density at radius 1 is 1.41 bits per heavy atom. The number of aromatic nitrogens is 3. The first-order valence-electron chi connectivity index (χ1n) is 4.44. The molecule has 0 saturated carbocycles. The first-order chi connectivity index (χ1) is 7.89. The zero-order valence-electron chi connectivity index (χ0n) is 8.52. The minimum absolute atomic E-state index is 0.0772. The van der Waals surface area contributed by atoms with Crippen molar-refractivity contribution < 1.29 is 18.0 Å². The summed E-state index contributed by atoms with van der Waals surface area (Å²) in [5.41, 5.74) is 0. The molecule has 90 valence electrons. The van der Waals surface area contributed by atoms with Crippen molar-refractivity contribution >= 4 is 17.1 Å². The van der Waals surface area contributed by atoms with Gasteiger partial charge in [0.1, 0.15) is 0 Å². The van der Waals surface area contributed by atoms with E-state index in [2.05, 4.69) is 9.97 Å². The Hall–Kier alpha value is -1.70. The van der Waals surface area contributed by atoms with Crippen LogP contribution in [-0.2, 0) is 13.2 Å². The molecule has 0 bridgehead atoms. The Labute approximate surface area is 97.7 Å². The van der Waals surface area contributed by atoms with Crippen LogP contribution in [0.5, 0.6) is 0 Å². The van der Waals surface area contributed by atoms with Crippen molar-refractivity contribution in [1.29, 1.82) is 0 Å². The average molecular weight is 261 g/mol. The van der Waals surface area contributed by atoms with Gasteiger partial charge in [-0.05, 0) is 0 Å². The van der Waals surface area contributed by atoms with E-state index in [0.717, 1.165) is 6.20 Å². The lowest BCUT2D eigenvalue weighted by Crippen LogP contribution is -2.07. The summed E-state index contributed by atoms with van der Waals surface area (Å²) >= 11 is 0.316. The quantitative estimate of drug-likeness (QED) is 0.778. The number of carbonyl (C=O) groups is 1. The SMILES string of the molecule is Cn1ccnc1C(=O)c1cnc(C(F)(F)F)s1. The molecule has 4 nitrogen and oxygen atoms in total. The minimum Gasteiger partial charge on any atom is -0.331 e. The number of alkyl halides is 3. The average Bonchev–Trinajstić information content (AvgIpc) is 2.83. The summed E-state index contributed by atoms with van der Waals surface area (Å²) in [4.78, 5) is 18.7. The molecule has 0 unspecified atom stereocenters. The van der Waals surface area contributed by atoms with Crippen LogP contribution in [0.1, 0.15) is 20.5 Å². The molecule has 2 aromatic rings. The molecule has 0 radical (unpaired) electrons. The van der Waals surface area contributed by atoms with Gasteiger partial charge in [0.05, 0.1) is 4.88 Å². The van der Waals surface area contributed by atoms with Gasteiger partial charge in [-0.25, -0.2) is 9.97 Å². The third-order valence-corrected chi connectivity index (χ3v) is 3.04. The van der Waals surface area contributed by atoms with E-state index >= 15 is 0 Å². The van der Waals surface area contributed by atoms with E-state index in [1.807, 2.05) is 0 Å². The zero-order valence-corrected chi connectivity index (χ0v) is 9.34. The number of hydrogen-bond donors (Lipinski definition) is 0. The van der Waals surface area contributed by atoms with Gasteiger partial charge in [-0.1, -0.05) is 0 Å². The smallest absolute Gasteiger partial charge is 0.331 e. The van der Waals surface area contributed by atoms with Gasteiger partial charge in [0.25, 0.3) is 0 Å². The fourth-order valence-corrected chi connectivity index (χ4v) is 1.92. The Bertz CT molecular complexity index is 558. The van der Waals surface area contributed by atoms with Gasteiger partial charge in [0.15, 0.2) is 10.8 Å². The van der Waals surface area contributed by atoms with E-state index in [4.69, 9.17) is 0 Å². The largest absolute Gasteiger partial charge is 0.443 e. The number of rotatable bonds is 2. The highest BCUT2D eigenvalue weighted by Crippen LogP contribution is 2.32.